The molecule has 386 valence electrons. The van der Waals surface area contributed by atoms with Crippen molar-refractivity contribution in [1.82, 2.24) is 14.1 Å². The zero-order chi connectivity index (χ0) is 54.1. The van der Waals surface area contributed by atoms with Gasteiger partial charge in [-0.05, 0) is 138 Å². The average molecular weight is 1030 g/mol. The molecule has 9 aromatic carbocycles. The highest BCUT2D eigenvalue weighted by molar-refractivity contribution is 6.09. The molecule has 0 unspecified atom stereocenters. The van der Waals surface area contributed by atoms with Gasteiger partial charge in [0.15, 0.2) is 11.0 Å². The summed E-state index contributed by atoms with van der Waals surface area (Å²) in [5.41, 5.74) is 23.5. The Labute approximate surface area is 464 Å². The fraction of sp³-hybridized carbons (Fsp3) is 0.189. The molecule has 79 heavy (non-hydrogen) atoms. The van der Waals surface area contributed by atoms with Gasteiger partial charge in [-0.25, -0.2) is 4.98 Å². The predicted molar refractivity (Wildman–Crippen MR) is 325 cm³/mol. The molecular formula is C74H65N4O+. The summed E-state index contributed by atoms with van der Waals surface area (Å²) < 4.78 is 13.9. The topological polar surface area (TPSA) is 35.9 Å². The van der Waals surface area contributed by atoms with E-state index in [1.54, 1.807) is 0 Å². The molecule has 0 spiro atoms. The number of imidazole rings is 1. The van der Waals surface area contributed by atoms with Gasteiger partial charge < -0.3 is 4.74 Å². The number of pyridine rings is 1. The van der Waals surface area contributed by atoms with Gasteiger partial charge in [0.25, 0.3) is 6.33 Å². The monoisotopic (exact) mass is 1030 g/mol. The van der Waals surface area contributed by atoms with E-state index < -0.39 is 0 Å². The van der Waals surface area contributed by atoms with Gasteiger partial charge in [-0.1, -0.05) is 196 Å². The molecule has 0 saturated carbocycles. The van der Waals surface area contributed by atoms with Crippen LogP contribution in [0.1, 0.15) is 124 Å². The van der Waals surface area contributed by atoms with Crippen molar-refractivity contribution in [2.75, 3.05) is 0 Å². The predicted octanol–water partition coefficient (Wildman–Crippen LogP) is 18.4. The molecule has 3 aliphatic carbocycles. The van der Waals surface area contributed by atoms with Crippen LogP contribution < -0.4 is 9.30 Å². The summed E-state index contributed by atoms with van der Waals surface area (Å²) in [5.74, 6) is 2.76. The van der Waals surface area contributed by atoms with E-state index in [1.807, 2.05) is 6.20 Å². The number of rotatable bonds is 7. The Morgan fingerprint density at radius 2 is 0.987 bits per heavy atom. The first-order chi connectivity index (χ1) is 38.1. The second-order valence-corrected chi connectivity index (χ2v) is 25.1. The standard InChI is InChI=1S/C74H65N4O/c1-72(2,3)48-36-37-75-68(42-48)78-64-29-15-14-22-56(64)57-35-33-53(44-67(57)78)79-52-21-18-20-51(43-52)76-45-77(66-31-17-16-30-65(66)76)71-54(27-19-28-55(71)47-38-49(73(4,5)6)41-50(39-47)74(7,8)9)46-32-34-62-63(40-46)70-60-25-12-10-23-58(60)69(62)59-24-11-13-26-61(59)70/h10-45,69-70H,1-9H3/q+1. The molecule has 0 fully saturated rings. The quantitative estimate of drug-likeness (QED) is 0.149. The molecular weight excluding hydrogens is 961 g/mol. The van der Waals surface area contributed by atoms with Crippen LogP contribution in [0.2, 0.25) is 0 Å². The molecule has 15 rings (SSSR count). The first-order valence-corrected chi connectivity index (χ1v) is 28.0. The van der Waals surface area contributed by atoms with E-state index in [0.717, 1.165) is 56.1 Å². The van der Waals surface area contributed by atoms with Crippen LogP contribution in [0.25, 0.3) is 72.3 Å². The van der Waals surface area contributed by atoms with Crippen LogP contribution in [0.4, 0.5) is 0 Å². The number of hydrogen-bond donors (Lipinski definition) is 0. The molecule has 0 N–H and O–H groups in total. The highest BCUT2D eigenvalue weighted by Crippen LogP contribution is 2.56. The van der Waals surface area contributed by atoms with Crippen molar-refractivity contribution < 1.29 is 9.30 Å². The minimum atomic E-state index is -0.0616. The minimum absolute atomic E-state index is 0.0246. The summed E-state index contributed by atoms with van der Waals surface area (Å²) in [5, 5.41) is 2.33. The molecule has 0 saturated heterocycles. The maximum Gasteiger partial charge on any atom is 0.255 e. The first-order valence-electron chi connectivity index (χ1n) is 28.0. The SMILES string of the molecule is CC(C)(C)c1cc(-c2cccc(-c3ccc4c(c3)C3c5ccccc5C4c4ccccc43)c2-[n+]2cn(-c3cccc(Oc4ccc5c6ccccc6n(-c6cc(C(C)(C)C)ccn6)c5c4)c3)c3ccccc32)cc(C(C)(C)C)c1. The minimum Gasteiger partial charge on any atom is -0.457 e. The fourth-order valence-corrected chi connectivity index (χ4v) is 12.8. The first kappa shape index (κ1) is 48.6. The smallest absolute Gasteiger partial charge is 0.255 e. The van der Waals surface area contributed by atoms with Gasteiger partial charge in [-0.15, -0.1) is 0 Å². The third kappa shape index (κ3) is 8.04. The fourth-order valence-electron chi connectivity index (χ4n) is 12.8. The van der Waals surface area contributed by atoms with Crippen molar-refractivity contribution in [3.8, 4) is 50.9 Å². The number of benzene rings is 9. The van der Waals surface area contributed by atoms with E-state index in [2.05, 4.69) is 289 Å². The van der Waals surface area contributed by atoms with Gasteiger partial charge >= 0.3 is 0 Å². The second kappa shape index (κ2) is 17.9. The zero-order valence-electron chi connectivity index (χ0n) is 46.6. The van der Waals surface area contributed by atoms with E-state index in [9.17, 15) is 0 Å². The number of ether oxygens (including phenoxy) is 1. The summed E-state index contributed by atoms with van der Waals surface area (Å²) in [6.45, 7) is 20.7. The Hall–Kier alpha value is -8.80. The number of fused-ring (bicyclic) bond motifs is 4. The Morgan fingerprint density at radius 3 is 1.67 bits per heavy atom. The molecule has 3 aliphatic rings. The van der Waals surface area contributed by atoms with Crippen LogP contribution >= 0.6 is 0 Å². The second-order valence-electron chi connectivity index (χ2n) is 25.1. The zero-order valence-corrected chi connectivity index (χ0v) is 46.6. The normalized spacial score (nSPS) is 14.9. The molecule has 3 aromatic heterocycles. The van der Waals surface area contributed by atoms with Crippen LogP contribution in [-0.2, 0) is 16.2 Å². The third-order valence-corrected chi connectivity index (χ3v) is 17.0. The van der Waals surface area contributed by atoms with Crippen molar-refractivity contribution in [3.63, 3.8) is 0 Å². The van der Waals surface area contributed by atoms with Gasteiger partial charge in [0, 0.05) is 52.1 Å². The molecule has 5 nitrogen and oxygen atoms in total. The molecule has 3 heterocycles. The van der Waals surface area contributed by atoms with E-state index in [-0.39, 0.29) is 28.1 Å². The highest BCUT2D eigenvalue weighted by Gasteiger charge is 2.41. The number of para-hydroxylation sites is 4. The largest absolute Gasteiger partial charge is 0.457 e. The molecule has 0 radical (unpaired) electrons. The van der Waals surface area contributed by atoms with Crippen molar-refractivity contribution in [2.45, 2.75) is 90.4 Å². The number of aromatic nitrogens is 4. The Bertz CT molecular complexity index is 4350. The third-order valence-electron chi connectivity index (χ3n) is 17.0. The van der Waals surface area contributed by atoms with E-state index in [1.165, 1.54) is 77.7 Å². The van der Waals surface area contributed by atoms with Crippen molar-refractivity contribution in [2.24, 2.45) is 0 Å². The van der Waals surface area contributed by atoms with Crippen molar-refractivity contribution >= 4 is 32.8 Å². The van der Waals surface area contributed by atoms with Crippen molar-refractivity contribution in [3.05, 3.63) is 269 Å². The maximum absolute atomic E-state index is 6.90. The van der Waals surface area contributed by atoms with Gasteiger partial charge in [-0.2, -0.15) is 9.13 Å². The van der Waals surface area contributed by atoms with Crippen LogP contribution in [0.15, 0.2) is 219 Å². The Balaban J connectivity index is 0.927. The van der Waals surface area contributed by atoms with Crippen LogP contribution in [0.5, 0.6) is 11.5 Å². The van der Waals surface area contributed by atoms with E-state index in [4.69, 9.17) is 9.72 Å². The maximum atomic E-state index is 6.90. The van der Waals surface area contributed by atoms with Gasteiger partial charge in [0.1, 0.15) is 28.7 Å². The lowest BCUT2D eigenvalue weighted by molar-refractivity contribution is -0.566. The molecule has 0 amide bonds. The number of nitrogens with zero attached hydrogens (tertiary/aromatic N) is 4. The lowest BCUT2D eigenvalue weighted by Crippen LogP contribution is -2.31. The van der Waals surface area contributed by atoms with Gasteiger partial charge in [-0.3, -0.25) is 4.57 Å². The Kier molecular flexibility index (Phi) is 11.0. The highest BCUT2D eigenvalue weighted by atomic mass is 16.5. The Morgan fingerprint density at radius 1 is 0.418 bits per heavy atom. The van der Waals surface area contributed by atoms with E-state index in [0.29, 0.717) is 0 Å². The van der Waals surface area contributed by atoms with Crippen LogP contribution in [0.3, 0.4) is 0 Å². The molecule has 5 heteroatoms. The molecule has 2 bridgehead atoms. The lowest BCUT2D eigenvalue weighted by atomic mass is 9.61. The summed E-state index contributed by atoms with van der Waals surface area (Å²) in [4.78, 5) is 4.93. The summed E-state index contributed by atoms with van der Waals surface area (Å²) >= 11 is 0. The molecule has 0 aliphatic heterocycles. The van der Waals surface area contributed by atoms with Crippen LogP contribution in [0, 0.1) is 0 Å². The molecule has 12 aromatic rings. The van der Waals surface area contributed by atoms with E-state index >= 15 is 0 Å². The summed E-state index contributed by atoms with van der Waals surface area (Å²) in [6.07, 6.45) is 4.22. The molecule has 0 atom stereocenters. The summed E-state index contributed by atoms with van der Waals surface area (Å²) in [7, 11) is 0. The average Bonchev–Trinajstić information content (AvgIpc) is 3.33. The van der Waals surface area contributed by atoms with Gasteiger partial charge in [0.05, 0.1) is 11.0 Å². The lowest BCUT2D eigenvalue weighted by Gasteiger charge is -2.42. The van der Waals surface area contributed by atoms with Gasteiger partial charge in [0.2, 0.25) is 0 Å². The van der Waals surface area contributed by atoms with Crippen LogP contribution in [-0.4, -0.2) is 14.1 Å². The summed E-state index contributed by atoms with van der Waals surface area (Å²) in [6, 6.07) is 76.5. The number of hydrogen-bond acceptors (Lipinski definition) is 2. The van der Waals surface area contributed by atoms with Crippen molar-refractivity contribution in [1.29, 1.82) is 0 Å².